The molecule has 0 aliphatic heterocycles. The predicted molar refractivity (Wildman–Crippen MR) is 5.75 cm³/mol. The first-order chi connectivity index (χ1) is 0. The Balaban J connectivity index is 0. The van der Waals surface area contributed by atoms with Crippen molar-refractivity contribution in [3.63, 3.8) is 0 Å². The van der Waals surface area contributed by atoms with Gasteiger partial charge in [-0.1, -0.05) is 0 Å². The molecule has 0 bridgehead atoms. The third kappa shape index (κ3) is 25.0. The molecule has 0 atom stereocenters. The maximum Gasteiger partial charge on any atom is 2.00 e. The van der Waals surface area contributed by atoms with Crippen molar-refractivity contribution in [2.24, 2.45) is 0 Å². The van der Waals surface area contributed by atoms with Crippen LogP contribution >= 0.6 is 0 Å². The fourth-order valence-corrected chi connectivity index (χ4v) is 0. The van der Waals surface area contributed by atoms with E-state index in [1.807, 2.05) is 0 Å². The number of hydrogen-bond donors (Lipinski definition) is 0. The van der Waals surface area contributed by atoms with E-state index >= 15 is 0 Å². The largest absolute Gasteiger partial charge is 2.00 e. The van der Waals surface area contributed by atoms with Crippen LogP contribution in [0.4, 0.5) is 0 Å². The van der Waals surface area contributed by atoms with Crippen LogP contribution in [0.5, 0.6) is 0 Å². The molecule has 0 rings (SSSR count). The Kier molecular flexibility index (Phi) is 324. The van der Waals surface area contributed by atoms with E-state index < -0.39 is 0 Å². The summed E-state index contributed by atoms with van der Waals surface area (Å²) in [5.41, 5.74) is 0. The summed E-state index contributed by atoms with van der Waals surface area (Å²) in [6.45, 7) is 0. The SMILES string of the molecule is [Br-].[Br-].[Br-].[Br-].[Ca+2].[Zn+2]. The summed E-state index contributed by atoms with van der Waals surface area (Å²) in [5, 5.41) is 0. The second-order valence-electron chi connectivity index (χ2n) is 0. The first kappa shape index (κ1) is 52.5. The van der Waals surface area contributed by atoms with Crippen molar-refractivity contribution < 1.29 is 87.4 Å². The molecule has 0 N–H and O–H groups in total. The summed E-state index contributed by atoms with van der Waals surface area (Å²) in [7, 11) is 0. The van der Waals surface area contributed by atoms with Crippen LogP contribution in [0.25, 0.3) is 0 Å². The van der Waals surface area contributed by atoms with Gasteiger partial charge in [-0.25, -0.2) is 0 Å². The van der Waals surface area contributed by atoms with E-state index in [0.717, 1.165) is 0 Å². The Morgan fingerprint density at radius 3 is 0.500 bits per heavy atom. The summed E-state index contributed by atoms with van der Waals surface area (Å²) < 4.78 is 0. The predicted octanol–water partition coefficient (Wildman–Crippen LogP) is -12.4. The first-order valence-corrected chi connectivity index (χ1v) is 0. The number of hydrogen-bond acceptors (Lipinski definition) is 0. The molecule has 0 aromatic heterocycles. The van der Waals surface area contributed by atoms with E-state index in [4.69, 9.17) is 0 Å². The van der Waals surface area contributed by atoms with Gasteiger partial charge in [-0.2, -0.15) is 0 Å². The third-order valence-electron chi connectivity index (χ3n) is 0. The molecule has 0 amide bonds. The van der Waals surface area contributed by atoms with Gasteiger partial charge in [0.25, 0.3) is 0 Å². The Hall–Kier alpha value is 3.80. The molecule has 32 valence electrons. The molecule has 0 aromatic rings. The molecule has 6 heteroatoms. The fourth-order valence-electron chi connectivity index (χ4n) is 0. The Morgan fingerprint density at radius 2 is 0.500 bits per heavy atom. The first-order valence-electron chi connectivity index (χ1n) is 0. The minimum atomic E-state index is 0. The second kappa shape index (κ2) is 37.1. The van der Waals surface area contributed by atoms with Gasteiger partial charge in [0, 0.05) is 0 Å². The molecule has 0 unspecified atom stereocenters. The average Bonchev–Trinajstić information content (AvgIpc) is 0. The molecular formula is Br4CaZn. The zero-order chi connectivity index (χ0) is 0. The van der Waals surface area contributed by atoms with Gasteiger partial charge < -0.3 is 67.9 Å². The Morgan fingerprint density at radius 1 is 0.500 bits per heavy atom. The van der Waals surface area contributed by atoms with Crippen molar-refractivity contribution in [1.82, 2.24) is 0 Å². The van der Waals surface area contributed by atoms with E-state index in [9.17, 15) is 0 Å². The quantitative estimate of drug-likeness (QED) is 0.339. The van der Waals surface area contributed by atoms with Gasteiger partial charge in [-0.05, 0) is 0 Å². The van der Waals surface area contributed by atoms with Crippen LogP contribution in [0.15, 0.2) is 0 Å². The molecule has 0 nitrogen and oxygen atoms in total. The Labute approximate surface area is 122 Å². The minimum absolute atomic E-state index is 0. The number of rotatable bonds is 0. The second-order valence-corrected chi connectivity index (χ2v) is 0. The zero-order valence-electron chi connectivity index (χ0n) is 2.93. The van der Waals surface area contributed by atoms with Crippen LogP contribution in [0.3, 0.4) is 0 Å². The van der Waals surface area contributed by atoms with E-state index in [1.54, 1.807) is 0 Å². The van der Waals surface area contributed by atoms with E-state index in [2.05, 4.69) is 0 Å². The summed E-state index contributed by atoms with van der Waals surface area (Å²) in [4.78, 5) is 0. The number of halogens is 4. The molecule has 0 aliphatic rings. The molecule has 0 spiro atoms. The minimum Gasteiger partial charge on any atom is -1.00 e. The zero-order valence-corrected chi connectivity index (χ0v) is 14.4. The summed E-state index contributed by atoms with van der Waals surface area (Å²) >= 11 is 0. The molecule has 0 heterocycles. The topological polar surface area (TPSA) is 0 Å². The molecule has 0 aliphatic carbocycles. The van der Waals surface area contributed by atoms with Crippen LogP contribution in [-0.2, 0) is 19.5 Å². The van der Waals surface area contributed by atoms with E-state index in [1.165, 1.54) is 0 Å². The summed E-state index contributed by atoms with van der Waals surface area (Å²) in [6, 6.07) is 0. The van der Waals surface area contributed by atoms with Crippen LogP contribution in [0.2, 0.25) is 0 Å². The van der Waals surface area contributed by atoms with Crippen LogP contribution in [0.1, 0.15) is 0 Å². The standard InChI is InChI=1S/4BrH.Ca.Zn/h4*1H;;/q;;;;2*+2/p-4. The fraction of sp³-hybridized carbons (Fsp3) is 0. The molecule has 0 aromatic carbocycles. The van der Waals surface area contributed by atoms with Gasteiger partial charge in [0.2, 0.25) is 0 Å². The van der Waals surface area contributed by atoms with Gasteiger partial charge in [0.15, 0.2) is 0 Å². The van der Waals surface area contributed by atoms with Crippen LogP contribution in [-0.4, -0.2) is 37.7 Å². The molecule has 0 radical (unpaired) electrons. The molecular weight excluding hydrogens is 425 g/mol. The van der Waals surface area contributed by atoms with Crippen molar-refractivity contribution >= 4 is 37.7 Å². The molecule has 0 saturated heterocycles. The van der Waals surface area contributed by atoms with Crippen molar-refractivity contribution in [3.05, 3.63) is 0 Å². The van der Waals surface area contributed by atoms with E-state index in [-0.39, 0.29) is 125 Å². The molecule has 0 saturated carbocycles. The van der Waals surface area contributed by atoms with Crippen molar-refractivity contribution in [1.29, 1.82) is 0 Å². The maximum atomic E-state index is 0. The molecule has 6 heavy (non-hydrogen) atoms. The van der Waals surface area contributed by atoms with Crippen LogP contribution in [0, 0.1) is 0 Å². The maximum absolute atomic E-state index is 0. The van der Waals surface area contributed by atoms with Gasteiger partial charge in [-0.15, -0.1) is 0 Å². The van der Waals surface area contributed by atoms with Crippen molar-refractivity contribution in [2.45, 2.75) is 0 Å². The van der Waals surface area contributed by atoms with Gasteiger partial charge in [0.05, 0.1) is 0 Å². The van der Waals surface area contributed by atoms with Crippen molar-refractivity contribution in [2.75, 3.05) is 0 Å². The van der Waals surface area contributed by atoms with Crippen molar-refractivity contribution in [3.8, 4) is 0 Å². The summed E-state index contributed by atoms with van der Waals surface area (Å²) in [6.07, 6.45) is 0. The molecule has 0 fully saturated rings. The average molecular weight is 425 g/mol. The third-order valence-corrected chi connectivity index (χ3v) is 0. The normalized spacial score (nSPS) is 0. The smallest absolute Gasteiger partial charge is 1.00 e. The van der Waals surface area contributed by atoms with Gasteiger partial charge >= 0.3 is 57.2 Å². The van der Waals surface area contributed by atoms with Crippen LogP contribution < -0.4 is 67.9 Å². The van der Waals surface area contributed by atoms with Gasteiger partial charge in [0.1, 0.15) is 0 Å². The van der Waals surface area contributed by atoms with Gasteiger partial charge in [-0.3, -0.25) is 0 Å². The van der Waals surface area contributed by atoms with E-state index in [0.29, 0.717) is 0 Å². The Bertz CT molecular complexity index is 7.51. The monoisotopic (exact) mass is 420 g/mol. The summed E-state index contributed by atoms with van der Waals surface area (Å²) in [5.74, 6) is 0.